The topological polar surface area (TPSA) is 105 Å². The van der Waals surface area contributed by atoms with Crippen molar-refractivity contribution in [2.45, 2.75) is 31.6 Å². The number of allylic oxidation sites excluding steroid dienone is 1. The van der Waals surface area contributed by atoms with Crippen molar-refractivity contribution in [1.82, 2.24) is 5.32 Å². The molecule has 1 aromatic carbocycles. The van der Waals surface area contributed by atoms with Crippen LogP contribution in [0.2, 0.25) is 0 Å². The predicted molar refractivity (Wildman–Crippen MR) is 118 cm³/mol. The van der Waals surface area contributed by atoms with Gasteiger partial charge in [-0.3, -0.25) is 0 Å². The van der Waals surface area contributed by atoms with E-state index in [0.717, 1.165) is 10.5 Å². The van der Waals surface area contributed by atoms with Crippen LogP contribution in [0, 0.1) is 0 Å². The molecule has 10 heteroatoms. The standard InChI is InChI=1S/C21H26N3O4SSe.ClH/c1-5-27-19(25)16-12(3)24-15(11-23-21(22)30)18(20(26)28-6-2)17(16)13-8-7-9-14(10-13)29-4;/h7-10,17,24H,5-6,11H2,1-4H3,(H2,22,23);1H. The van der Waals surface area contributed by atoms with Crippen LogP contribution >= 0.6 is 11.8 Å². The Morgan fingerprint density at radius 1 is 1.19 bits per heavy atom. The summed E-state index contributed by atoms with van der Waals surface area (Å²) in [4.78, 5) is 30.0. The first kappa shape index (κ1) is 27.1. The fourth-order valence-electron chi connectivity index (χ4n) is 3.30. The van der Waals surface area contributed by atoms with Gasteiger partial charge in [-0.2, -0.15) is 0 Å². The Hall–Kier alpha value is -1.93. The summed E-state index contributed by atoms with van der Waals surface area (Å²) in [5.74, 6) is -1.59. The van der Waals surface area contributed by atoms with E-state index in [1.54, 1.807) is 32.5 Å². The predicted octanol–water partition coefficient (Wildman–Crippen LogP) is -2.68. The van der Waals surface area contributed by atoms with Gasteiger partial charge >= 0.3 is 190 Å². The molecular formula is C21H27ClN3O4SSe. The van der Waals surface area contributed by atoms with Crippen molar-refractivity contribution in [1.29, 1.82) is 0 Å². The summed E-state index contributed by atoms with van der Waals surface area (Å²) in [6.45, 7) is 6.01. The van der Waals surface area contributed by atoms with E-state index in [1.165, 1.54) is 0 Å². The van der Waals surface area contributed by atoms with Crippen molar-refractivity contribution in [3.8, 4) is 0 Å². The second-order valence-corrected chi connectivity index (χ2v) is 8.23. The number of dihydropyridines is 1. The van der Waals surface area contributed by atoms with Gasteiger partial charge in [0, 0.05) is 0 Å². The average Bonchev–Trinajstić information content (AvgIpc) is 2.71. The summed E-state index contributed by atoms with van der Waals surface area (Å²) < 4.78 is 11.1. The maximum Gasteiger partial charge on any atom is -1.00 e. The Kier molecular flexibility index (Phi) is 11.2. The maximum absolute atomic E-state index is 13.1. The molecule has 0 amide bonds. The van der Waals surface area contributed by atoms with Crippen LogP contribution in [0.3, 0.4) is 0 Å². The first-order chi connectivity index (χ1) is 14.3. The van der Waals surface area contributed by atoms with Crippen LogP contribution in [0.25, 0.3) is 0 Å². The van der Waals surface area contributed by atoms with Crippen molar-refractivity contribution in [2.24, 2.45) is 5.73 Å². The number of carbonyl (C=O) groups is 2. The summed E-state index contributed by atoms with van der Waals surface area (Å²) in [5.41, 5.74) is 8.49. The normalized spacial score (nSPS) is 16.4. The number of benzene rings is 1. The van der Waals surface area contributed by atoms with Gasteiger partial charge in [-0.1, -0.05) is 0 Å². The number of hydrogen-bond donors (Lipinski definition) is 3. The van der Waals surface area contributed by atoms with Gasteiger partial charge in [0.25, 0.3) is 0 Å². The van der Waals surface area contributed by atoms with Crippen molar-refractivity contribution < 1.29 is 36.5 Å². The summed E-state index contributed by atoms with van der Waals surface area (Å²) in [6.07, 6.45) is 1.97. The molecule has 31 heavy (non-hydrogen) atoms. The smallest absolute Gasteiger partial charge is 1.00 e. The molecule has 1 atom stereocenters. The number of hydrogen-bond acceptors (Lipinski definition) is 6. The fourth-order valence-corrected chi connectivity index (χ4v) is 3.92. The first-order valence-corrected chi connectivity index (χ1v) is 11.6. The second kappa shape index (κ2) is 12.8. The van der Waals surface area contributed by atoms with Gasteiger partial charge in [-0.25, -0.2) is 0 Å². The molecule has 1 heterocycles. The first-order valence-electron chi connectivity index (χ1n) is 9.56. The Bertz CT molecular complexity index is 914. The van der Waals surface area contributed by atoms with Gasteiger partial charge in [0.05, 0.1) is 0 Å². The molecule has 0 aliphatic carbocycles. The Balaban J connectivity index is 0.00000480. The molecule has 1 aliphatic heterocycles. The zero-order chi connectivity index (χ0) is 22.3. The molecular weight excluding hydrogens is 505 g/mol. The van der Waals surface area contributed by atoms with Crippen molar-refractivity contribution in [2.75, 3.05) is 26.0 Å². The monoisotopic (exact) mass is 532 g/mol. The molecule has 1 unspecified atom stereocenters. The van der Waals surface area contributed by atoms with E-state index in [2.05, 4.69) is 26.3 Å². The Morgan fingerprint density at radius 2 is 1.81 bits per heavy atom. The van der Waals surface area contributed by atoms with Gasteiger partial charge < -0.3 is 12.4 Å². The number of thioether (sulfide) groups is 1. The van der Waals surface area contributed by atoms with E-state index in [4.69, 9.17) is 15.2 Å². The molecule has 4 N–H and O–H groups in total. The molecule has 0 aromatic heterocycles. The third kappa shape index (κ3) is 6.77. The average molecular weight is 532 g/mol. The van der Waals surface area contributed by atoms with E-state index in [-0.39, 0.29) is 32.2 Å². The minimum absolute atomic E-state index is 0. The van der Waals surface area contributed by atoms with Crippen LogP contribution in [0.4, 0.5) is 0 Å². The Morgan fingerprint density at radius 3 is 2.35 bits per heavy atom. The third-order valence-electron chi connectivity index (χ3n) is 4.50. The Labute approximate surface area is 201 Å². The summed E-state index contributed by atoms with van der Waals surface area (Å²) in [6, 6.07) is 7.77. The summed E-state index contributed by atoms with van der Waals surface area (Å²) in [5, 5.41) is 3.19. The van der Waals surface area contributed by atoms with Gasteiger partial charge in [0.15, 0.2) is 0 Å². The molecule has 2 rings (SSSR count). The molecule has 1 radical (unpaired) electrons. The largest absolute Gasteiger partial charge is 1.00 e. The van der Waals surface area contributed by atoms with Crippen LogP contribution < -0.4 is 28.4 Å². The van der Waals surface area contributed by atoms with Crippen molar-refractivity contribution in [3.63, 3.8) is 0 Å². The third-order valence-corrected chi connectivity index (χ3v) is 5.53. The number of halogens is 1. The maximum atomic E-state index is 13.1. The van der Waals surface area contributed by atoms with Crippen molar-refractivity contribution in [3.05, 3.63) is 52.4 Å². The quantitative estimate of drug-likeness (QED) is 0.110. The number of rotatable bonds is 8. The van der Waals surface area contributed by atoms with Crippen LogP contribution in [0.1, 0.15) is 32.3 Å². The molecule has 0 saturated carbocycles. The minimum Gasteiger partial charge on any atom is -1.00 e. The van der Waals surface area contributed by atoms with Gasteiger partial charge in [0.2, 0.25) is 0 Å². The summed E-state index contributed by atoms with van der Waals surface area (Å²) in [7, 11) is 0. The number of amidine groups is 1. The van der Waals surface area contributed by atoms with Crippen LogP contribution in [0.15, 0.2) is 51.7 Å². The van der Waals surface area contributed by atoms with E-state index >= 15 is 0 Å². The molecule has 7 nitrogen and oxygen atoms in total. The van der Waals surface area contributed by atoms with Crippen LogP contribution in [0.5, 0.6) is 0 Å². The number of nitrogens with one attached hydrogen (secondary N) is 2. The number of esters is 2. The number of carbonyl (C=O) groups excluding carboxylic acids is 2. The molecule has 1 aliphatic rings. The fraction of sp³-hybridized carbons (Fsp3) is 0.381. The van der Waals surface area contributed by atoms with Gasteiger partial charge in [-0.15, -0.1) is 0 Å². The SMILES string of the molecule is CCOC(=O)C1=C(C)NC(C[NH+]=C(N)[Se])=C(C(=O)OCC)C1c1cccc(SC)c1.[Cl-]. The van der Waals surface area contributed by atoms with E-state index in [1.807, 2.05) is 30.5 Å². The van der Waals surface area contributed by atoms with Crippen molar-refractivity contribution >= 4 is 44.4 Å². The molecule has 0 spiro atoms. The van der Waals surface area contributed by atoms with E-state index < -0.39 is 17.9 Å². The molecule has 0 bridgehead atoms. The molecule has 0 fully saturated rings. The van der Waals surface area contributed by atoms with E-state index in [9.17, 15) is 9.59 Å². The number of nitrogens with two attached hydrogens (primary N) is 1. The van der Waals surface area contributed by atoms with E-state index in [0.29, 0.717) is 27.3 Å². The number of ether oxygens (including phenoxy) is 2. The van der Waals surface area contributed by atoms with Crippen LogP contribution in [-0.2, 0) is 19.1 Å². The summed E-state index contributed by atoms with van der Waals surface area (Å²) >= 11 is 4.28. The van der Waals surface area contributed by atoms with Gasteiger partial charge in [-0.05, 0) is 0 Å². The second-order valence-electron chi connectivity index (χ2n) is 6.42. The molecule has 1 aromatic rings. The molecule has 169 valence electrons. The molecule has 0 saturated heterocycles. The van der Waals surface area contributed by atoms with Crippen LogP contribution in [-0.4, -0.2) is 58.7 Å². The van der Waals surface area contributed by atoms with Gasteiger partial charge in [0.1, 0.15) is 0 Å². The zero-order valence-electron chi connectivity index (χ0n) is 17.9. The minimum atomic E-state index is -0.629. The zero-order valence-corrected chi connectivity index (χ0v) is 21.2.